The zero-order valence-corrected chi connectivity index (χ0v) is 10.4. The summed E-state index contributed by atoms with van der Waals surface area (Å²) in [6.07, 6.45) is -2.19. The van der Waals surface area contributed by atoms with Crippen LogP contribution in [-0.4, -0.2) is 62.4 Å². The van der Waals surface area contributed by atoms with Crippen molar-refractivity contribution in [1.29, 1.82) is 0 Å². The van der Waals surface area contributed by atoms with E-state index in [1.807, 2.05) is 0 Å². The summed E-state index contributed by atoms with van der Waals surface area (Å²) in [6.45, 7) is -0.144. The summed E-state index contributed by atoms with van der Waals surface area (Å²) in [7, 11) is 0. The van der Waals surface area contributed by atoms with E-state index in [0.29, 0.717) is 0 Å². The van der Waals surface area contributed by atoms with Gasteiger partial charge in [0.25, 0.3) is 0 Å². The fourth-order valence-electron chi connectivity index (χ4n) is 1.28. The van der Waals surface area contributed by atoms with Crippen molar-refractivity contribution in [2.24, 2.45) is 5.73 Å². The van der Waals surface area contributed by atoms with Crippen LogP contribution < -0.4 is 11.1 Å². The highest BCUT2D eigenvalue weighted by molar-refractivity contribution is 5.90. The third-order valence-electron chi connectivity index (χ3n) is 2.39. The monoisotopic (exact) mass is 292 g/mol. The van der Waals surface area contributed by atoms with Crippen LogP contribution in [0, 0.1) is 0 Å². The van der Waals surface area contributed by atoms with Gasteiger partial charge in [0.15, 0.2) is 5.60 Å². The summed E-state index contributed by atoms with van der Waals surface area (Å²) >= 11 is 0. The first-order chi connectivity index (χ1) is 9.08. The zero-order valence-electron chi connectivity index (χ0n) is 10.4. The molecule has 1 amide bonds. The predicted octanol–water partition coefficient (Wildman–Crippen LogP) is -2.41. The quantitative estimate of drug-likeness (QED) is 0.269. The Kier molecular flexibility index (Phi) is 6.59. The smallest absolute Gasteiger partial charge is 0.336 e. The molecule has 0 saturated carbocycles. The van der Waals surface area contributed by atoms with Crippen molar-refractivity contribution in [1.82, 2.24) is 5.32 Å². The van der Waals surface area contributed by atoms with Crippen LogP contribution in [0.5, 0.6) is 0 Å². The number of hydrogen-bond acceptors (Lipinski definition) is 6. The highest BCUT2D eigenvalue weighted by Gasteiger charge is 2.40. The van der Waals surface area contributed by atoms with Crippen molar-refractivity contribution in [2.75, 3.05) is 6.54 Å². The first-order valence-electron chi connectivity index (χ1n) is 5.51. The Bertz CT molecular complexity index is 410. The molecule has 0 fully saturated rings. The van der Waals surface area contributed by atoms with Gasteiger partial charge in [-0.05, 0) is 6.42 Å². The number of carboxylic acids is 3. The van der Waals surface area contributed by atoms with Gasteiger partial charge in [-0.3, -0.25) is 14.4 Å². The number of nitrogens with two attached hydrogens (primary N) is 1. The lowest BCUT2D eigenvalue weighted by Gasteiger charge is -2.20. The van der Waals surface area contributed by atoms with Gasteiger partial charge in [-0.2, -0.15) is 0 Å². The molecule has 0 rings (SSSR count). The summed E-state index contributed by atoms with van der Waals surface area (Å²) in [5.74, 6) is -5.59. The minimum Gasteiger partial charge on any atom is -0.481 e. The summed E-state index contributed by atoms with van der Waals surface area (Å²) < 4.78 is 0. The van der Waals surface area contributed by atoms with Gasteiger partial charge in [-0.15, -0.1) is 0 Å². The van der Waals surface area contributed by atoms with Gasteiger partial charge in [0.2, 0.25) is 5.91 Å². The molecule has 2 atom stereocenters. The van der Waals surface area contributed by atoms with Crippen LogP contribution in [0.3, 0.4) is 0 Å². The Balaban J connectivity index is 4.38. The standard InChI is InChI=1S/C10H16N2O8/c11-5(8(16)17)1-2-12-6(13)3-10(20,9(18)19)4-7(14)15/h5,20H,1-4,11H2,(H,12,13)(H,14,15)(H,16,17)(H,18,19)/t5-,10?/m0/s1. The molecule has 0 aromatic heterocycles. The number of aliphatic carboxylic acids is 3. The van der Waals surface area contributed by atoms with E-state index in [4.69, 9.17) is 21.1 Å². The lowest BCUT2D eigenvalue weighted by molar-refractivity contribution is -0.167. The van der Waals surface area contributed by atoms with Crippen molar-refractivity contribution in [2.45, 2.75) is 30.9 Å². The molecule has 0 bridgehead atoms. The van der Waals surface area contributed by atoms with Crippen LogP contribution >= 0.6 is 0 Å². The second-order valence-electron chi connectivity index (χ2n) is 4.17. The third-order valence-corrected chi connectivity index (χ3v) is 2.39. The molecule has 20 heavy (non-hydrogen) atoms. The molecule has 7 N–H and O–H groups in total. The van der Waals surface area contributed by atoms with Gasteiger partial charge in [-0.1, -0.05) is 0 Å². The molecule has 114 valence electrons. The van der Waals surface area contributed by atoms with Gasteiger partial charge < -0.3 is 31.5 Å². The predicted molar refractivity (Wildman–Crippen MR) is 62.7 cm³/mol. The molecule has 0 saturated heterocycles. The van der Waals surface area contributed by atoms with E-state index >= 15 is 0 Å². The van der Waals surface area contributed by atoms with Crippen LogP contribution in [0.2, 0.25) is 0 Å². The molecule has 1 unspecified atom stereocenters. The molecule has 0 heterocycles. The molecule has 0 aromatic carbocycles. The van der Waals surface area contributed by atoms with Crippen molar-refractivity contribution in [3.8, 4) is 0 Å². The van der Waals surface area contributed by atoms with Crippen molar-refractivity contribution in [3.63, 3.8) is 0 Å². The Morgan fingerprint density at radius 2 is 1.65 bits per heavy atom. The third kappa shape index (κ3) is 6.11. The lowest BCUT2D eigenvalue weighted by Crippen LogP contribution is -2.45. The van der Waals surface area contributed by atoms with E-state index in [1.165, 1.54) is 0 Å². The first kappa shape index (κ1) is 17.8. The van der Waals surface area contributed by atoms with Crippen LogP contribution in [0.1, 0.15) is 19.3 Å². The number of nitrogens with one attached hydrogen (secondary N) is 1. The number of aliphatic hydroxyl groups is 1. The molecule has 10 nitrogen and oxygen atoms in total. The first-order valence-corrected chi connectivity index (χ1v) is 5.51. The molecule has 0 aromatic rings. The molecule has 10 heteroatoms. The number of carboxylic acid groups (broad SMARTS) is 3. The van der Waals surface area contributed by atoms with E-state index < -0.39 is 48.3 Å². The maximum Gasteiger partial charge on any atom is 0.336 e. The SMILES string of the molecule is N[C@@H](CCNC(=O)CC(O)(CC(=O)O)C(=O)O)C(=O)O. The van der Waals surface area contributed by atoms with E-state index in [0.717, 1.165) is 0 Å². The Labute approximate surface area is 113 Å². The Morgan fingerprint density at radius 1 is 1.10 bits per heavy atom. The average Bonchev–Trinajstić information content (AvgIpc) is 2.26. The van der Waals surface area contributed by atoms with Gasteiger partial charge in [0.05, 0.1) is 12.8 Å². The second-order valence-corrected chi connectivity index (χ2v) is 4.17. The summed E-state index contributed by atoms with van der Waals surface area (Å²) in [5.41, 5.74) is 2.45. The Hall–Kier alpha value is -2.20. The summed E-state index contributed by atoms with van der Waals surface area (Å²) in [4.78, 5) is 43.0. The highest BCUT2D eigenvalue weighted by atomic mass is 16.4. The molecule has 0 aliphatic heterocycles. The van der Waals surface area contributed by atoms with Gasteiger partial charge >= 0.3 is 17.9 Å². The van der Waals surface area contributed by atoms with Crippen molar-refractivity contribution >= 4 is 23.8 Å². The van der Waals surface area contributed by atoms with Crippen LogP contribution in [0.25, 0.3) is 0 Å². The van der Waals surface area contributed by atoms with Crippen molar-refractivity contribution in [3.05, 3.63) is 0 Å². The molecule has 0 aliphatic carbocycles. The largest absolute Gasteiger partial charge is 0.481 e. The van der Waals surface area contributed by atoms with Gasteiger partial charge in [0, 0.05) is 6.54 Å². The van der Waals surface area contributed by atoms with Crippen molar-refractivity contribution < 1.29 is 39.6 Å². The number of amides is 1. The molecule has 0 aliphatic rings. The number of rotatable bonds is 9. The summed E-state index contributed by atoms with van der Waals surface area (Å²) in [6, 6.07) is -1.19. The summed E-state index contributed by atoms with van der Waals surface area (Å²) in [5, 5.41) is 37.4. The van der Waals surface area contributed by atoms with Crippen LogP contribution in [-0.2, 0) is 19.2 Å². The number of carbonyl (C=O) groups is 4. The molecule has 0 radical (unpaired) electrons. The second kappa shape index (κ2) is 7.40. The topological polar surface area (TPSA) is 187 Å². The number of hydrogen-bond donors (Lipinski definition) is 6. The fourth-order valence-corrected chi connectivity index (χ4v) is 1.28. The maximum atomic E-state index is 11.4. The highest BCUT2D eigenvalue weighted by Crippen LogP contribution is 2.15. The minimum atomic E-state index is -2.72. The maximum absolute atomic E-state index is 11.4. The fraction of sp³-hybridized carbons (Fsp3) is 0.600. The number of carbonyl (C=O) groups excluding carboxylic acids is 1. The lowest BCUT2D eigenvalue weighted by atomic mass is 9.95. The molecular formula is C10H16N2O8. The van der Waals surface area contributed by atoms with E-state index in [-0.39, 0.29) is 13.0 Å². The van der Waals surface area contributed by atoms with E-state index in [9.17, 15) is 24.3 Å². The Morgan fingerprint density at radius 3 is 2.05 bits per heavy atom. The average molecular weight is 292 g/mol. The van der Waals surface area contributed by atoms with Gasteiger partial charge in [0.1, 0.15) is 6.04 Å². The zero-order chi connectivity index (χ0) is 15.9. The molecule has 0 spiro atoms. The van der Waals surface area contributed by atoms with Crippen LogP contribution in [0.4, 0.5) is 0 Å². The normalized spacial score (nSPS) is 14.9. The van der Waals surface area contributed by atoms with Crippen LogP contribution in [0.15, 0.2) is 0 Å². The minimum absolute atomic E-state index is 0.0918. The van der Waals surface area contributed by atoms with Gasteiger partial charge in [-0.25, -0.2) is 4.79 Å². The van der Waals surface area contributed by atoms with E-state index in [2.05, 4.69) is 5.32 Å². The molecular weight excluding hydrogens is 276 g/mol. The van der Waals surface area contributed by atoms with E-state index in [1.54, 1.807) is 0 Å².